The van der Waals surface area contributed by atoms with E-state index in [1.165, 1.54) is 5.56 Å². The Morgan fingerprint density at radius 1 is 1.09 bits per heavy atom. The molecule has 2 aromatic carbocycles. The summed E-state index contributed by atoms with van der Waals surface area (Å²) in [7, 11) is 0. The first-order valence-electron chi connectivity index (χ1n) is 7.59. The van der Waals surface area contributed by atoms with Gasteiger partial charge in [-0.3, -0.25) is 0 Å². The summed E-state index contributed by atoms with van der Waals surface area (Å²) in [5.74, 6) is 0.649. The fourth-order valence-electron chi connectivity index (χ4n) is 2.61. The Morgan fingerprint density at radius 2 is 1.91 bits per heavy atom. The second kappa shape index (κ2) is 5.31. The second-order valence-electron chi connectivity index (χ2n) is 5.54. The zero-order valence-electron chi connectivity index (χ0n) is 13.0. The van der Waals surface area contributed by atoms with Crippen molar-refractivity contribution in [3.63, 3.8) is 0 Å². The highest BCUT2D eigenvalue weighted by molar-refractivity contribution is 5.84. The van der Waals surface area contributed by atoms with Gasteiger partial charge in [-0.1, -0.05) is 25.1 Å². The van der Waals surface area contributed by atoms with Gasteiger partial charge in [0.1, 0.15) is 0 Å². The first-order valence-corrected chi connectivity index (χ1v) is 7.59. The molecule has 6 nitrogen and oxygen atoms in total. The second-order valence-corrected chi connectivity index (χ2v) is 5.54. The van der Waals surface area contributed by atoms with Crippen LogP contribution in [0.25, 0.3) is 16.7 Å². The summed E-state index contributed by atoms with van der Waals surface area (Å²) in [6.07, 6.45) is 1.02. The van der Waals surface area contributed by atoms with E-state index in [1.807, 2.05) is 37.3 Å². The standard InChI is InChI=1S/C17H16N6/c1-3-12-5-7-13(8-6-12)18-16-17-20-21-22-23(17)15-10-11(2)4-9-14(15)19-16/h4-10H,3H2,1-2H3,(H,18,19). The number of nitrogens with zero attached hydrogens (tertiary/aromatic N) is 5. The van der Waals surface area contributed by atoms with E-state index in [2.05, 4.69) is 44.9 Å². The summed E-state index contributed by atoms with van der Waals surface area (Å²) in [4.78, 5) is 4.68. The molecular formula is C17H16N6. The van der Waals surface area contributed by atoms with Crippen LogP contribution in [0.15, 0.2) is 42.5 Å². The van der Waals surface area contributed by atoms with E-state index in [0.29, 0.717) is 11.5 Å². The van der Waals surface area contributed by atoms with Crippen LogP contribution in [-0.2, 0) is 6.42 Å². The molecule has 0 radical (unpaired) electrons. The van der Waals surface area contributed by atoms with Crippen LogP contribution in [0.5, 0.6) is 0 Å². The average Bonchev–Trinajstić information content (AvgIpc) is 3.06. The van der Waals surface area contributed by atoms with Crippen molar-refractivity contribution in [3.8, 4) is 0 Å². The fourth-order valence-corrected chi connectivity index (χ4v) is 2.61. The van der Waals surface area contributed by atoms with Crippen molar-refractivity contribution in [2.24, 2.45) is 0 Å². The maximum atomic E-state index is 4.68. The van der Waals surface area contributed by atoms with Crippen LogP contribution in [-0.4, -0.2) is 25.0 Å². The molecule has 0 aliphatic rings. The molecule has 0 aliphatic carbocycles. The number of fused-ring (bicyclic) bond motifs is 3. The summed E-state index contributed by atoms with van der Waals surface area (Å²) in [5.41, 5.74) is 5.77. The van der Waals surface area contributed by atoms with Crippen molar-refractivity contribution >= 4 is 28.2 Å². The Hall–Kier alpha value is -3.02. The lowest BCUT2D eigenvalue weighted by atomic mass is 10.1. The zero-order chi connectivity index (χ0) is 15.8. The van der Waals surface area contributed by atoms with Gasteiger partial charge in [0.25, 0.3) is 0 Å². The number of hydrogen-bond donors (Lipinski definition) is 1. The molecule has 1 N–H and O–H groups in total. The molecule has 0 unspecified atom stereocenters. The molecular weight excluding hydrogens is 288 g/mol. The minimum absolute atomic E-state index is 0.614. The lowest BCUT2D eigenvalue weighted by molar-refractivity contribution is 0.840. The molecule has 4 aromatic rings. The third-order valence-corrected chi connectivity index (χ3v) is 3.90. The molecule has 0 saturated carbocycles. The van der Waals surface area contributed by atoms with Crippen molar-refractivity contribution in [2.75, 3.05) is 5.32 Å². The predicted molar refractivity (Wildman–Crippen MR) is 89.9 cm³/mol. The number of anilines is 2. The molecule has 0 atom stereocenters. The third kappa shape index (κ3) is 2.38. The molecule has 0 fully saturated rings. The quantitative estimate of drug-likeness (QED) is 0.629. The van der Waals surface area contributed by atoms with Crippen LogP contribution in [0, 0.1) is 6.92 Å². The molecule has 6 heteroatoms. The number of nitrogens with one attached hydrogen (secondary N) is 1. The molecule has 0 amide bonds. The summed E-state index contributed by atoms with van der Waals surface area (Å²) in [6.45, 7) is 4.18. The molecule has 4 rings (SSSR count). The van der Waals surface area contributed by atoms with E-state index in [1.54, 1.807) is 4.52 Å². The molecule has 0 saturated heterocycles. The van der Waals surface area contributed by atoms with Crippen molar-refractivity contribution in [1.82, 2.24) is 25.0 Å². The SMILES string of the molecule is CCc1ccc(Nc2nc3ccc(C)cc3n3nnnc23)cc1. The van der Waals surface area contributed by atoms with Gasteiger partial charge in [-0.05, 0) is 59.2 Å². The third-order valence-electron chi connectivity index (χ3n) is 3.90. The highest BCUT2D eigenvalue weighted by Crippen LogP contribution is 2.23. The number of tetrazole rings is 1. The van der Waals surface area contributed by atoms with E-state index in [4.69, 9.17) is 0 Å². The minimum atomic E-state index is 0.614. The monoisotopic (exact) mass is 304 g/mol. The Kier molecular flexibility index (Phi) is 3.15. The Labute approximate surface area is 133 Å². The van der Waals surface area contributed by atoms with Crippen molar-refractivity contribution in [2.45, 2.75) is 20.3 Å². The summed E-state index contributed by atoms with van der Waals surface area (Å²) in [5, 5.41) is 15.3. The summed E-state index contributed by atoms with van der Waals surface area (Å²) >= 11 is 0. The largest absolute Gasteiger partial charge is 0.337 e. The zero-order valence-corrected chi connectivity index (χ0v) is 13.0. The Balaban J connectivity index is 1.84. The molecule has 2 aromatic heterocycles. The van der Waals surface area contributed by atoms with Gasteiger partial charge >= 0.3 is 0 Å². The number of hydrogen-bond acceptors (Lipinski definition) is 5. The van der Waals surface area contributed by atoms with Gasteiger partial charge in [-0.15, -0.1) is 5.10 Å². The van der Waals surface area contributed by atoms with Gasteiger partial charge in [0.05, 0.1) is 11.0 Å². The van der Waals surface area contributed by atoms with Crippen LogP contribution in [0.2, 0.25) is 0 Å². The lowest BCUT2D eigenvalue weighted by Crippen LogP contribution is -2.01. The number of rotatable bonds is 3. The van der Waals surface area contributed by atoms with Crippen molar-refractivity contribution < 1.29 is 0 Å². The van der Waals surface area contributed by atoms with E-state index < -0.39 is 0 Å². The highest BCUT2D eigenvalue weighted by atomic mass is 15.5. The van der Waals surface area contributed by atoms with Crippen LogP contribution in [0.3, 0.4) is 0 Å². The first kappa shape index (κ1) is 13.6. The van der Waals surface area contributed by atoms with E-state index in [9.17, 15) is 0 Å². The molecule has 23 heavy (non-hydrogen) atoms. The van der Waals surface area contributed by atoms with Crippen LogP contribution < -0.4 is 5.32 Å². The number of benzene rings is 2. The maximum Gasteiger partial charge on any atom is 0.222 e. The predicted octanol–water partition coefficient (Wildman–Crippen LogP) is 3.29. The number of aryl methyl sites for hydroxylation is 2. The first-order chi connectivity index (χ1) is 11.2. The van der Waals surface area contributed by atoms with Gasteiger partial charge in [-0.25, -0.2) is 4.98 Å². The molecule has 0 aliphatic heterocycles. The van der Waals surface area contributed by atoms with Crippen molar-refractivity contribution in [1.29, 1.82) is 0 Å². The molecule has 0 bridgehead atoms. The van der Waals surface area contributed by atoms with Crippen LogP contribution >= 0.6 is 0 Å². The van der Waals surface area contributed by atoms with Gasteiger partial charge in [0.2, 0.25) is 5.65 Å². The van der Waals surface area contributed by atoms with Crippen LogP contribution in [0.1, 0.15) is 18.1 Å². The van der Waals surface area contributed by atoms with Gasteiger partial charge in [0.15, 0.2) is 5.82 Å². The smallest absolute Gasteiger partial charge is 0.222 e. The molecule has 114 valence electrons. The maximum absolute atomic E-state index is 4.68. The molecule has 2 heterocycles. The topological polar surface area (TPSA) is 68.0 Å². The van der Waals surface area contributed by atoms with E-state index in [-0.39, 0.29) is 0 Å². The Bertz CT molecular complexity index is 987. The van der Waals surface area contributed by atoms with E-state index >= 15 is 0 Å². The van der Waals surface area contributed by atoms with Gasteiger partial charge < -0.3 is 5.32 Å². The van der Waals surface area contributed by atoms with E-state index in [0.717, 1.165) is 28.7 Å². The van der Waals surface area contributed by atoms with Gasteiger partial charge in [0, 0.05) is 5.69 Å². The van der Waals surface area contributed by atoms with Gasteiger partial charge in [-0.2, -0.15) is 4.52 Å². The summed E-state index contributed by atoms with van der Waals surface area (Å²) in [6, 6.07) is 14.3. The normalized spacial score (nSPS) is 11.2. The van der Waals surface area contributed by atoms with Crippen LogP contribution in [0.4, 0.5) is 11.5 Å². The highest BCUT2D eigenvalue weighted by Gasteiger charge is 2.12. The minimum Gasteiger partial charge on any atom is -0.337 e. The average molecular weight is 304 g/mol. The molecule has 0 spiro atoms. The number of aromatic nitrogens is 5. The van der Waals surface area contributed by atoms with Crippen molar-refractivity contribution in [3.05, 3.63) is 53.6 Å². The fraction of sp³-hybridized carbons (Fsp3) is 0.176. The Morgan fingerprint density at radius 3 is 2.70 bits per heavy atom. The lowest BCUT2D eigenvalue weighted by Gasteiger charge is -2.09. The summed E-state index contributed by atoms with van der Waals surface area (Å²) < 4.78 is 1.72.